The van der Waals surface area contributed by atoms with Gasteiger partial charge in [0.2, 0.25) is 10.0 Å². The number of rotatable bonds is 8. The maximum atomic E-state index is 13.5. The van der Waals surface area contributed by atoms with Crippen molar-refractivity contribution in [1.82, 2.24) is 9.62 Å². The van der Waals surface area contributed by atoms with Crippen LogP contribution in [-0.4, -0.2) is 43.4 Å². The summed E-state index contributed by atoms with van der Waals surface area (Å²) in [6.07, 6.45) is 0. The molecule has 3 atom stereocenters. The van der Waals surface area contributed by atoms with Gasteiger partial charge in [0.1, 0.15) is 0 Å². The number of carboxylic acid groups (broad SMARTS) is 1. The smallest absolute Gasteiger partial charge is 0.335 e. The molecule has 198 valence electrons. The zero-order valence-corrected chi connectivity index (χ0v) is 22.7. The molecule has 0 aliphatic carbocycles. The van der Waals surface area contributed by atoms with Crippen molar-refractivity contribution in [1.29, 1.82) is 0 Å². The Morgan fingerprint density at radius 1 is 0.921 bits per heavy atom. The van der Waals surface area contributed by atoms with E-state index in [1.807, 2.05) is 30.3 Å². The fourth-order valence-electron chi connectivity index (χ4n) is 5.30. The number of hydrogen-bond donors (Lipinski definition) is 2. The number of nitrogens with one attached hydrogen (secondary N) is 1. The lowest BCUT2D eigenvalue weighted by molar-refractivity contribution is 0.0696. The molecular formula is C30H31ClN2O4S. The van der Waals surface area contributed by atoms with Crippen LogP contribution < -0.4 is 5.32 Å². The van der Waals surface area contributed by atoms with Crippen LogP contribution in [0.1, 0.15) is 40.4 Å². The van der Waals surface area contributed by atoms with Gasteiger partial charge in [-0.15, -0.1) is 12.4 Å². The van der Waals surface area contributed by atoms with Gasteiger partial charge in [-0.05, 0) is 59.0 Å². The molecule has 0 saturated carbocycles. The van der Waals surface area contributed by atoms with Crippen LogP contribution in [0.5, 0.6) is 0 Å². The van der Waals surface area contributed by atoms with Crippen LogP contribution >= 0.6 is 12.4 Å². The first-order valence-electron chi connectivity index (χ1n) is 12.4. The zero-order valence-electron chi connectivity index (χ0n) is 21.0. The number of carbonyl (C=O) groups is 1. The number of halogens is 1. The van der Waals surface area contributed by atoms with E-state index in [2.05, 4.69) is 54.7 Å². The van der Waals surface area contributed by atoms with E-state index in [0.29, 0.717) is 19.6 Å². The minimum absolute atomic E-state index is 0. The molecule has 1 fully saturated rings. The maximum Gasteiger partial charge on any atom is 0.335 e. The molecule has 6 nitrogen and oxygen atoms in total. The van der Waals surface area contributed by atoms with Crippen molar-refractivity contribution in [3.8, 4) is 0 Å². The summed E-state index contributed by atoms with van der Waals surface area (Å²) in [6.45, 7) is 3.57. The number of sulfonamides is 1. The van der Waals surface area contributed by atoms with Crippen molar-refractivity contribution in [2.45, 2.75) is 23.8 Å². The van der Waals surface area contributed by atoms with Crippen LogP contribution in [0.4, 0.5) is 0 Å². The molecule has 0 unspecified atom stereocenters. The Hall–Kier alpha value is -3.23. The number of fused-ring (bicyclic) bond motifs is 1. The van der Waals surface area contributed by atoms with Gasteiger partial charge >= 0.3 is 5.97 Å². The molecule has 0 aromatic heterocycles. The fraction of sp³-hybridized carbons (Fsp3) is 0.233. The van der Waals surface area contributed by atoms with E-state index in [1.165, 1.54) is 44.9 Å². The minimum atomic E-state index is -3.76. The van der Waals surface area contributed by atoms with Crippen LogP contribution in [0.3, 0.4) is 0 Å². The molecular weight excluding hydrogens is 520 g/mol. The highest BCUT2D eigenvalue weighted by molar-refractivity contribution is 7.89. The Kier molecular flexibility index (Phi) is 8.53. The highest BCUT2D eigenvalue weighted by Gasteiger charge is 2.40. The third-order valence-electron chi connectivity index (χ3n) is 7.35. The molecule has 1 saturated heterocycles. The van der Waals surface area contributed by atoms with Crippen molar-refractivity contribution in [3.05, 3.63) is 114 Å². The summed E-state index contributed by atoms with van der Waals surface area (Å²) in [5.41, 5.74) is 2.40. The molecule has 4 aromatic carbocycles. The van der Waals surface area contributed by atoms with Crippen LogP contribution in [-0.2, 0) is 10.0 Å². The van der Waals surface area contributed by atoms with Gasteiger partial charge in [0.15, 0.2) is 0 Å². The average Bonchev–Trinajstić information content (AvgIpc) is 3.37. The van der Waals surface area contributed by atoms with Gasteiger partial charge in [0, 0.05) is 31.6 Å². The third-order valence-corrected chi connectivity index (χ3v) is 9.20. The molecule has 1 aliphatic heterocycles. The Labute approximate surface area is 229 Å². The lowest BCUT2D eigenvalue weighted by Crippen LogP contribution is -2.32. The molecule has 2 N–H and O–H groups in total. The second kappa shape index (κ2) is 11.7. The maximum absolute atomic E-state index is 13.5. The summed E-state index contributed by atoms with van der Waals surface area (Å²) >= 11 is 0. The molecule has 8 heteroatoms. The molecule has 4 aromatic rings. The molecule has 1 heterocycles. The lowest BCUT2D eigenvalue weighted by atomic mass is 9.88. The standard InChI is InChI=1S/C30H30N2O4S.ClH/c1-21(27-13-7-11-22-10-5-6-12-28(22)27)31-18-25-19-32(20-29(25)23-8-3-2-4-9-23)37(35,36)26-16-14-24(15-17-26)30(33)34;/h2-17,21,25,29,31H,18-20H2,1H3,(H,33,34);1H/t21-,25-,29-;/m1./s1. The summed E-state index contributed by atoms with van der Waals surface area (Å²) in [7, 11) is -3.76. The topological polar surface area (TPSA) is 86.7 Å². The van der Waals surface area contributed by atoms with E-state index in [0.717, 1.165) is 5.56 Å². The predicted molar refractivity (Wildman–Crippen MR) is 152 cm³/mol. The first kappa shape index (κ1) is 27.8. The van der Waals surface area contributed by atoms with Crippen molar-refractivity contribution >= 4 is 39.2 Å². The third kappa shape index (κ3) is 5.61. The monoisotopic (exact) mass is 550 g/mol. The largest absolute Gasteiger partial charge is 0.478 e. The van der Waals surface area contributed by atoms with Gasteiger partial charge in [0.05, 0.1) is 10.5 Å². The minimum Gasteiger partial charge on any atom is -0.478 e. The molecule has 1 aliphatic rings. The summed E-state index contributed by atoms with van der Waals surface area (Å²) in [4.78, 5) is 11.3. The van der Waals surface area contributed by atoms with Gasteiger partial charge < -0.3 is 10.4 Å². The van der Waals surface area contributed by atoms with Crippen LogP contribution in [0.15, 0.2) is 102 Å². The second-order valence-electron chi connectivity index (χ2n) is 9.63. The van der Waals surface area contributed by atoms with E-state index in [9.17, 15) is 13.2 Å². The van der Waals surface area contributed by atoms with Crippen molar-refractivity contribution in [2.75, 3.05) is 19.6 Å². The van der Waals surface area contributed by atoms with E-state index >= 15 is 0 Å². The number of benzene rings is 4. The van der Waals surface area contributed by atoms with Crippen LogP contribution in [0, 0.1) is 5.92 Å². The van der Waals surface area contributed by atoms with E-state index in [-0.39, 0.29) is 40.7 Å². The SMILES string of the molecule is C[C@@H](NC[C@@H]1CN(S(=O)(=O)c2ccc(C(=O)O)cc2)C[C@@H]1c1ccccc1)c1cccc2ccccc12.Cl. The summed E-state index contributed by atoms with van der Waals surface area (Å²) in [5.74, 6) is -0.963. The van der Waals surface area contributed by atoms with E-state index in [4.69, 9.17) is 5.11 Å². The number of nitrogens with zero attached hydrogens (tertiary/aromatic N) is 1. The predicted octanol–water partition coefficient (Wildman–Crippen LogP) is 5.71. The highest BCUT2D eigenvalue weighted by atomic mass is 35.5. The van der Waals surface area contributed by atoms with Gasteiger partial charge in [-0.3, -0.25) is 0 Å². The normalized spacial score (nSPS) is 18.7. The summed E-state index contributed by atoms with van der Waals surface area (Å²) < 4.78 is 28.5. The van der Waals surface area contributed by atoms with Crippen LogP contribution in [0.2, 0.25) is 0 Å². The zero-order chi connectivity index (χ0) is 26.0. The molecule has 5 rings (SSSR count). The van der Waals surface area contributed by atoms with Gasteiger partial charge in [-0.1, -0.05) is 72.8 Å². The van der Waals surface area contributed by atoms with Crippen molar-refractivity contribution in [2.24, 2.45) is 5.92 Å². The Morgan fingerprint density at radius 2 is 1.58 bits per heavy atom. The summed E-state index contributed by atoms with van der Waals surface area (Å²) in [6, 6.07) is 30.2. The van der Waals surface area contributed by atoms with E-state index < -0.39 is 16.0 Å². The number of aromatic carboxylic acids is 1. The fourth-order valence-corrected chi connectivity index (χ4v) is 6.82. The number of carboxylic acids is 1. The van der Waals surface area contributed by atoms with Gasteiger partial charge in [-0.2, -0.15) is 4.31 Å². The molecule has 0 spiro atoms. The van der Waals surface area contributed by atoms with Crippen LogP contribution in [0.25, 0.3) is 10.8 Å². The van der Waals surface area contributed by atoms with Crippen molar-refractivity contribution in [3.63, 3.8) is 0 Å². The molecule has 0 amide bonds. The average molecular weight is 551 g/mol. The van der Waals surface area contributed by atoms with Gasteiger partial charge in [-0.25, -0.2) is 13.2 Å². The Bertz CT molecular complexity index is 1510. The second-order valence-corrected chi connectivity index (χ2v) is 11.6. The number of hydrogen-bond acceptors (Lipinski definition) is 4. The van der Waals surface area contributed by atoms with Gasteiger partial charge in [0.25, 0.3) is 0 Å². The molecule has 0 radical (unpaired) electrons. The van der Waals surface area contributed by atoms with E-state index in [1.54, 1.807) is 0 Å². The first-order valence-corrected chi connectivity index (χ1v) is 13.9. The molecule has 0 bridgehead atoms. The summed E-state index contributed by atoms with van der Waals surface area (Å²) in [5, 5.41) is 15.3. The quantitative estimate of drug-likeness (QED) is 0.293. The highest BCUT2D eigenvalue weighted by Crippen LogP contribution is 2.36. The first-order chi connectivity index (χ1) is 17.8. The Balaban J connectivity index is 0.00000336. The lowest BCUT2D eigenvalue weighted by Gasteiger charge is -2.23. The Morgan fingerprint density at radius 3 is 2.29 bits per heavy atom. The van der Waals surface area contributed by atoms with Crippen molar-refractivity contribution < 1.29 is 18.3 Å². The molecule has 38 heavy (non-hydrogen) atoms.